The van der Waals surface area contributed by atoms with E-state index in [0.717, 1.165) is 25.4 Å². The van der Waals surface area contributed by atoms with Crippen LogP contribution in [0.1, 0.15) is 6.42 Å². The fraction of sp³-hybridized carbons (Fsp3) is 0.333. The maximum absolute atomic E-state index is 4.99. The van der Waals surface area contributed by atoms with Crippen molar-refractivity contribution in [3.8, 4) is 0 Å². The van der Waals surface area contributed by atoms with E-state index in [1.54, 1.807) is 7.11 Å². The van der Waals surface area contributed by atoms with Gasteiger partial charge in [-0.25, -0.2) is 0 Å². The molecule has 0 fully saturated rings. The van der Waals surface area contributed by atoms with E-state index in [1.807, 2.05) is 12.1 Å². The normalized spacial score (nSPS) is 10.7. The molecule has 2 aromatic rings. The van der Waals surface area contributed by atoms with Crippen LogP contribution in [0, 0.1) is 0 Å². The second-order valence-electron chi connectivity index (χ2n) is 3.54. The Morgan fingerprint density at radius 3 is 3.00 bits per heavy atom. The molecule has 1 aromatic heterocycles. The molecule has 0 saturated heterocycles. The Balaban J connectivity index is 1.97. The van der Waals surface area contributed by atoms with Crippen molar-refractivity contribution < 1.29 is 4.74 Å². The predicted octanol–water partition coefficient (Wildman–Crippen LogP) is 2.62. The van der Waals surface area contributed by atoms with Crippen LogP contribution in [0.3, 0.4) is 0 Å². The van der Waals surface area contributed by atoms with Crippen molar-refractivity contribution in [3.05, 3.63) is 30.3 Å². The van der Waals surface area contributed by atoms with Gasteiger partial charge < -0.3 is 15.0 Å². The lowest BCUT2D eigenvalue weighted by Gasteiger charge is -2.02. The summed E-state index contributed by atoms with van der Waals surface area (Å²) in [6.07, 6.45) is 1.02. The first kappa shape index (κ1) is 10.1. The predicted molar refractivity (Wildman–Crippen MR) is 63.3 cm³/mol. The van der Waals surface area contributed by atoms with E-state index in [4.69, 9.17) is 4.74 Å². The number of aromatic nitrogens is 1. The minimum Gasteiger partial charge on any atom is -0.385 e. The average molecular weight is 204 g/mol. The Morgan fingerprint density at radius 1 is 1.33 bits per heavy atom. The maximum atomic E-state index is 4.99. The fourth-order valence-corrected chi connectivity index (χ4v) is 1.61. The zero-order chi connectivity index (χ0) is 10.5. The molecule has 0 amide bonds. The molecule has 80 valence electrons. The number of anilines is 1. The van der Waals surface area contributed by atoms with Crippen molar-refractivity contribution in [2.24, 2.45) is 0 Å². The Hall–Kier alpha value is -1.48. The largest absolute Gasteiger partial charge is 0.385 e. The van der Waals surface area contributed by atoms with Gasteiger partial charge in [0.2, 0.25) is 0 Å². The van der Waals surface area contributed by atoms with Crippen molar-refractivity contribution >= 4 is 16.7 Å². The van der Waals surface area contributed by atoms with Crippen LogP contribution in [0.5, 0.6) is 0 Å². The smallest absolute Gasteiger partial charge is 0.104 e. The Labute approximate surface area is 89.4 Å². The van der Waals surface area contributed by atoms with Crippen LogP contribution in [0.4, 0.5) is 5.82 Å². The van der Waals surface area contributed by atoms with Crippen molar-refractivity contribution in [2.75, 3.05) is 25.6 Å². The van der Waals surface area contributed by atoms with Crippen LogP contribution in [0.25, 0.3) is 10.9 Å². The van der Waals surface area contributed by atoms with Crippen molar-refractivity contribution in [1.82, 2.24) is 4.98 Å². The summed E-state index contributed by atoms with van der Waals surface area (Å²) in [4.78, 5) is 3.32. The topological polar surface area (TPSA) is 37.0 Å². The molecule has 0 saturated carbocycles. The van der Waals surface area contributed by atoms with Crippen LogP contribution in [-0.4, -0.2) is 25.2 Å². The van der Waals surface area contributed by atoms with Gasteiger partial charge in [0.15, 0.2) is 0 Å². The summed E-state index contributed by atoms with van der Waals surface area (Å²) in [6, 6.07) is 10.4. The lowest BCUT2D eigenvalue weighted by molar-refractivity contribution is 0.198. The summed E-state index contributed by atoms with van der Waals surface area (Å²) in [5.41, 5.74) is 1.17. The molecule has 0 atom stereocenters. The van der Waals surface area contributed by atoms with Crippen LogP contribution >= 0.6 is 0 Å². The minimum atomic E-state index is 0.799. The summed E-state index contributed by atoms with van der Waals surface area (Å²) in [5.74, 6) is 1.08. The molecule has 0 aliphatic carbocycles. The zero-order valence-corrected chi connectivity index (χ0v) is 8.92. The minimum absolute atomic E-state index is 0.799. The highest BCUT2D eigenvalue weighted by Gasteiger charge is 1.97. The molecule has 0 radical (unpaired) electrons. The van der Waals surface area contributed by atoms with Crippen molar-refractivity contribution in [2.45, 2.75) is 6.42 Å². The maximum Gasteiger partial charge on any atom is 0.104 e. The van der Waals surface area contributed by atoms with E-state index in [-0.39, 0.29) is 0 Å². The number of methoxy groups -OCH3 is 1. The first-order chi connectivity index (χ1) is 7.40. The lowest BCUT2D eigenvalue weighted by atomic mass is 10.2. The Bertz CT molecular complexity index is 389. The molecule has 1 aromatic carbocycles. The zero-order valence-electron chi connectivity index (χ0n) is 8.92. The van der Waals surface area contributed by atoms with Crippen LogP contribution in [0.2, 0.25) is 0 Å². The fourth-order valence-electron chi connectivity index (χ4n) is 1.61. The van der Waals surface area contributed by atoms with Crippen LogP contribution < -0.4 is 5.32 Å². The number of rotatable bonds is 5. The molecule has 2 N–H and O–H groups in total. The summed E-state index contributed by atoms with van der Waals surface area (Å²) in [5, 5.41) is 4.58. The van der Waals surface area contributed by atoms with Gasteiger partial charge in [-0.1, -0.05) is 18.2 Å². The molecule has 2 rings (SSSR count). The lowest BCUT2D eigenvalue weighted by Crippen LogP contribution is -2.04. The number of hydrogen-bond donors (Lipinski definition) is 2. The molecule has 15 heavy (non-hydrogen) atoms. The van der Waals surface area contributed by atoms with Gasteiger partial charge in [0, 0.05) is 31.2 Å². The van der Waals surface area contributed by atoms with Gasteiger partial charge in [0.1, 0.15) is 5.82 Å². The van der Waals surface area contributed by atoms with Gasteiger partial charge in [-0.05, 0) is 18.6 Å². The SMILES string of the molecule is COCCCNc1cc2ccccc2[nH]1. The van der Waals surface area contributed by atoms with Crippen LogP contribution in [-0.2, 0) is 4.74 Å². The molecule has 0 unspecified atom stereocenters. The highest BCUT2D eigenvalue weighted by atomic mass is 16.5. The van der Waals surface area contributed by atoms with Crippen molar-refractivity contribution in [3.63, 3.8) is 0 Å². The van der Waals surface area contributed by atoms with Gasteiger partial charge in [0.05, 0.1) is 0 Å². The van der Waals surface area contributed by atoms with E-state index in [9.17, 15) is 0 Å². The molecular formula is C12H16N2O. The molecule has 0 aliphatic rings. The standard InChI is InChI=1S/C12H16N2O/c1-15-8-4-7-13-12-9-10-5-2-3-6-11(10)14-12/h2-3,5-6,9,13-14H,4,7-8H2,1H3. The van der Waals surface area contributed by atoms with Gasteiger partial charge in [-0.3, -0.25) is 0 Å². The number of benzene rings is 1. The Kier molecular flexibility index (Phi) is 3.25. The number of nitrogens with one attached hydrogen (secondary N) is 2. The number of ether oxygens (including phenoxy) is 1. The number of aromatic amines is 1. The highest BCUT2D eigenvalue weighted by molar-refractivity contribution is 5.83. The van der Waals surface area contributed by atoms with E-state index < -0.39 is 0 Å². The van der Waals surface area contributed by atoms with E-state index in [0.29, 0.717) is 0 Å². The van der Waals surface area contributed by atoms with Crippen molar-refractivity contribution in [1.29, 1.82) is 0 Å². The Morgan fingerprint density at radius 2 is 2.20 bits per heavy atom. The van der Waals surface area contributed by atoms with Gasteiger partial charge in [0.25, 0.3) is 0 Å². The molecule has 3 nitrogen and oxygen atoms in total. The number of hydrogen-bond acceptors (Lipinski definition) is 2. The average Bonchev–Trinajstić information content (AvgIpc) is 2.67. The molecular weight excluding hydrogens is 188 g/mol. The third kappa shape index (κ3) is 2.50. The monoisotopic (exact) mass is 204 g/mol. The molecule has 0 bridgehead atoms. The van der Waals surface area contributed by atoms with Crippen LogP contribution in [0.15, 0.2) is 30.3 Å². The molecule has 3 heteroatoms. The molecule has 0 spiro atoms. The second-order valence-corrected chi connectivity index (χ2v) is 3.54. The number of fused-ring (bicyclic) bond motifs is 1. The highest BCUT2D eigenvalue weighted by Crippen LogP contribution is 2.17. The van der Waals surface area contributed by atoms with E-state index in [2.05, 4.69) is 28.5 Å². The first-order valence-corrected chi connectivity index (χ1v) is 5.21. The summed E-state index contributed by atoms with van der Waals surface area (Å²) in [7, 11) is 1.73. The number of para-hydroxylation sites is 1. The third-order valence-electron chi connectivity index (χ3n) is 2.37. The summed E-state index contributed by atoms with van der Waals surface area (Å²) >= 11 is 0. The summed E-state index contributed by atoms with van der Waals surface area (Å²) < 4.78 is 4.99. The van der Waals surface area contributed by atoms with Gasteiger partial charge >= 0.3 is 0 Å². The van der Waals surface area contributed by atoms with Gasteiger partial charge in [-0.2, -0.15) is 0 Å². The molecule has 1 heterocycles. The molecule has 0 aliphatic heterocycles. The van der Waals surface area contributed by atoms with E-state index in [1.165, 1.54) is 10.9 Å². The van der Waals surface area contributed by atoms with E-state index >= 15 is 0 Å². The third-order valence-corrected chi connectivity index (χ3v) is 2.37. The van der Waals surface area contributed by atoms with Gasteiger partial charge in [-0.15, -0.1) is 0 Å². The second kappa shape index (κ2) is 4.84. The first-order valence-electron chi connectivity index (χ1n) is 5.21. The summed E-state index contributed by atoms with van der Waals surface area (Å²) in [6.45, 7) is 1.73. The number of H-pyrrole nitrogens is 1. The quantitative estimate of drug-likeness (QED) is 0.734.